The van der Waals surface area contributed by atoms with E-state index in [0.29, 0.717) is 19.3 Å². The van der Waals surface area contributed by atoms with Gasteiger partial charge in [0.15, 0.2) is 0 Å². The van der Waals surface area contributed by atoms with Crippen molar-refractivity contribution in [3.05, 3.63) is 0 Å². The molecule has 0 heterocycles. The van der Waals surface area contributed by atoms with Crippen molar-refractivity contribution in [3.8, 4) is 0 Å². The summed E-state index contributed by atoms with van der Waals surface area (Å²) in [5, 5.41) is 0. The minimum atomic E-state index is -0.482. The zero-order valence-corrected chi connectivity index (χ0v) is 19.7. The lowest BCUT2D eigenvalue weighted by atomic mass is 9.66. The van der Waals surface area contributed by atoms with Crippen LogP contribution in [0.4, 0.5) is 0 Å². The second-order valence-electron chi connectivity index (χ2n) is 10.8. The van der Waals surface area contributed by atoms with Crippen LogP contribution in [0.1, 0.15) is 114 Å². The molecule has 3 atom stereocenters. The van der Waals surface area contributed by atoms with E-state index in [-0.39, 0.29) is 28.2 Å². The van der Waals surface area contributed by atoms with Crippen molar-refractivity contribution in [1.29, 1.82) is 0 Å². The van der Waals surface area contributed by atoms with Crippen LogP contribution < -0.4 is 0 Å². The van der Waals surface area contributed by atoms with Crippen molar-refractivity contribution >= 4 is 17.3 Å². The van der Waals surface area contributed by atoms with Crippen LogP contribution in [0.25, 0.3) is 0 Å². The molecule has 0 aliphatic rings. The van der Waals surface area contributed by atoms with Gasteiger partial charge in [-0.3, -0.25) is 14.4 Å². The van der Waals surface area contributed by atoms with Crippen LogP contribution in [0.3, 0.4) is 0 Å². The van der Waals surface area contributed by atoms with E-state index in [9.17, 15) is 14.4 Å². The van der Waals surface area contributed by atoms with Gasteiger partial charge in [-0.2, -0.15) is 0 Å². The molecule has 0 amide bonds. The third-order valence-electron chi connectivity index (χ3n) is 7.21. The third kappa shape index (κ3) is 7.87. The van der Waals surface area contributed by atoms with Crippen molar-refractivity contribution in [3.63, 3.8) is 0 Å². The zero-order valence-electron chi connectivity index (χ0n) is 19.7. The summed E-state index contributed by atoms with van der Waals surface area (Å²) in [6.45, 7) is 19.7. The van der Waals surface area contributed by atoms with E-state index in [1.165, 1.54) is 0 Å². The average molecular weight is 381 g/mol. The molecule has 0 rings (SSSR count). The standard InChI is InChI=1S/C24H44O3/c1-11-22(8,18(2)25)14-15-24(10,20(4)27)17-16-23(9,19(3)26)13-12-21(5,6)7/h11-17H2,1-10H3. The van der Waals surface area contributed by atoms with E-state index in [0.717, 1.165) is 25.7 Å². The maximum atomic E-state index is 12.5. The Morgan fingerprint density at radius 2 is 0.778 bits per heavy atom. The fourth-order valence-corrected chi connectivity index (χ4v) is 3.31. The van der Waals surface area contributed by atoms with Gasteiger partial charge in [0.25, 0.3) is 0 Å². The van der Waals surface area contributed by atoms with Gasteiger partial charge in [0.2, 0.25) is 0 Å². The van der Waals surface area contributed by atoms with E-state index < -0.39 is 10.8 Å². The Bertz CT molecular complexity index is 542. The monoisotopic (exact) mass is 380 g/mol. The number of Topliss-reactive ketones (excluding diaryl/α,β-unsaturated/α-hetero) is 3. The van der Waals surface area contributed by atoms with Crippen LogP contribution >= 0.6 is 0 Å². The highest BCUT2D eigenvalue weighted by Crippen LogP contribution is 2.42. The van der Waals surface area contributed by atoms with E-state index in [4.69, 9.17) is 0 Å². The number of carbonyl (C=O) groups excluding carboxylic acids is 3. The fraction of sp³-hybridized carbons (Fsp3) is 0.875. The largest absolute Gasteiger partial charge is 0.299 e. The van der Waals surface area contributed by atoms with E-state index in [2.05, 4.69) is 20.8 Å². The van der Waals surface area contributed by atoms with Gasteiger partial charge in [0.05, 0.1) is 0 Å². The van der Waals surface area contributed by atoms with Crippen LogP contribution in [0.2, 0.25) is 0 Å². The number of hydrogen-bond acceptors (Lipinski definition) is 3. The lowest BCUT2D eigenvalue weighted by Gasteiger charge is -2.36. The normalized spacial score (nSPS) is 18.9. The summed E-state index contributed by atoms with van der Waals surface area (Å²) in [4.78, 5) is 36.9. The van der Waals surface area contributed by atoms with Crippen molar-refractivity contribution in [1.82, 2.24) is 0 Å². The summed E-state index contributed by atoms with van der Waals surface area (Å²) < 4.78 is 0. The van der Waals surface area contributed by atoms with Gasteiger partial charge in [0.1, 0.15) is 17.3 Å². The van der Waals surface area contributed by atoms with Crippen molar-refractivity contribution in [2.75, 3.05) is 0 Å². The Morgan fingerprint density at radius 3 is 1.00 bits per heavy atom. The molecule has 0 saturated carbocycles. The quantitative estimate of drug-likeness (QED) is 0.385. The molecular formula is C24H44O3. The molecule has 0 fully saturated rings. The molecule has 0 aromatic rings. The minimum Gasteiger partial charge on any atom is -0.299 e. The Labute approximate surface area is 168 Å². The number of rotatable bonds is 12. The summed E-state index contributed by atoms with van der Waals surface area (Å²) in [5.74, 6) is 0.556. The van der Waals surface area contributed by atoms with Crippen LogP contribution in [0.5, 0.6) is 0 Å². The van der Waals surface area contributed by atoms with Gasteiger partial charge >= 0.3 is 0 Å². The van der Waals surface area contributed by atoms with E-state index in [1.807, 2.05) is 27.7 Å². The Balaban J connectivity index is 5.28. The molecule has 0 bridgehead atoms. The van der Waals surface area contributed by atoms with Crippen molar-refractivity contribution in [2.24, 2.45) is 21.7 Å². The zero-order chi connectivity index (χ0) is 21.7. The van der Waals surface area contributed by atoms with Crippen molar-refractivity contribution in [2.45, 2.75) is 114 Å². The van der Waals surface area contributed by atoms with Crippen molar-refractivity contribution < 1.29 is 14.4 Å². The maximum Gasteiger partial charge on any atom is 0.135 e. The molecule has 0 radical (unpaired) electrons. The summed E-state index contributed by atoms with van der Waals surface area (Å²) in [6, 6.07) is 0. The van der Waals surface area contributed by atoms with Gasteiger partial charge in [-0.15, -0.1) is 0 Å². The third-order valence-corrected chi connectivity index (χ3v) is 7.21. The fourth-order valence-electron chi connectivity index (χ4n) is 3.31. The first-order chi connectivity index (χ1) is 12.0. The van der Waals surface area contributed by atoms with E-state index in [1.54, 1.807) is 20.8 Å². The summed E-state index contributed by atoms with van der Waals surface area (Å²) in [7, 11) is 0. The van der Waals surface area contributed by atoms with Gasteiger partial charge in [-0.05, 0) is 71.1 Å². The molecule has 0 aromatic heterocycles. The molecule has 0 aromatic carbocycles. The lowest BCUT2D eigenvalue weighted by Crippen LogP contribution is -2.34. The average Bonchev–Trinajstić information content (AvgIpc) is 2.54. The topological polar surface area (TPSA) is 51.2 Å². The van der Waals surface area contributed by atoms with Crippen LogP contribution in [-0.2, 0) is 14.4 Å². The highest BCUT2D eigenvalue weighted by atomic mass is 16.1. The minimum absolute atomic E-state index is 0.159. The predicted molar refractivity (Wildman–Crippen MR) is 114 cm³/mol. The maximum absolute atomic E-state index is 12.5. The second kappa shape index (κ2) is 9.47. The smallest absolute Gasteiger partial charge is 0.135 e. The molecule has 27 heavy (non-hydrogen) atoms. The Morgan fingerprint density at radius 1 is 0.519 bits per heavy atom. The van der Waals surface area contributed by atoms with Gasteiger partial charge in [-0.1, -0.05) is 48.5 Å². The molecule has 0 saturated heterocycles. The van der Waals surface area contributed by atoms with Crippen LogP contribution in [0, 0.1) is 21.7 Å². The highest BCUT2D eigenvalue weighted by molar-refractivity contribution is 5.84. The lowest BCUT2D eigenvalue weighted by molar-refractivity contribution is -0.132. The summed E-state index contributed by atoms with van der Waals surface area (Å²) >= 11 is 0. The molecule has 0 aliphatic carbocycles. The van der Waals surface area contributed by atoms with Gasteiger partial charge in [-0.25, -0.2) is 0 Å². The summed E-state index contributed by atoms with van der Waals surface area (Å²) in [6.07, 6.45) is 5.44. The highest BCUT2D eigenvalue weighted by Gasteiger charge is 2.39. The molecule has 0 N–H and O–H groups in total. The second-order valence-corrected chi connectivity index (χ2v) is 10.8. The first-order valence-corrected chi connectivity index (χ1v) is 10.5. The molecular weight excluding hydrogens is 336 g/mol. The number of carbonyl (C=O) groups is 3. The molecule has 3 unspecified atom stereocenters. The van der Waals surface area contributed by atoms with Gasteiger partial charge in [0, 0.05) is 16.2 Å². The number of ketones is 3. The summed E-state index contributed by atoms with van der Waals surface area (Å²) in [5.41, 5.74) is -1.05. The molecule has 0 spiro atoms. The molecule has 3 heteroatoms. The SMILES string of the molecule is CCC(C)(CCC(C)(CCC(C)(CCC(C)(C)C)C(C)=O)C(C)=O)C(C)=O. The Hall–Kier alpha value is -0.990. The molecule has 0 aliphatic heterocycles. The van der Waals surface area contributed by atoms with Gasteiger partial charge < -0.3 is 0 Å². The molecule has 3 nitrogen and oxygen atoms in total. The predicted octanol–water partition coefficient (Wildman–Crippen LogP) is 6.57. The molecule has 158 valence electrons. The van der Waals surface area contributed by atoms with Crippen LogP contribution in [-0.4, -0.2) is 17.3 Å². The number of hydrogen-bond donors (Lipinski definition) is 0. The van der Waals surface area contributed by atoms with E-state index >= 15 is 0 Å². The Kier molecular flexibility index (Phi) is 9.13. The first kappa shape index (κ1) is 26.0. The van der Waals surface area contributed by atoms with Crippen LogP contribution in [0.15, 0.2) is 0 Å². The first-order valence-electron chi connectivity index (χ1n) is 10.5.